The summed E-state index contributed by atoms with van der Waals surface area (Å²) in [5.74, 6) is 0.706. The summed E-state index contributed by atoms with van der Waals surface area (Å²) >= 11 is 12.4. The summed E-state index contributed by atoms with van der Waals surface area (Å²) in [4.78, 5) is 19.2. The largest absolute Gasteiger partial charge is 0.368 e. The van der Waals surface area contributed by atoms with Crippen LogP contribution in [0.4, 0.5) is 11.5 Å². The second-order valence-electron chi connectivity index (χ2n) is 5.97. The van der Waals surface area contributed by atoms with E-state index < -0.39 is 0 Å². The molecule has 7 nitrogen and oxygen atoms in total. The van der Waals surface area contributed by atoms with Gasteiger partial charge in [0.15, 0.2) is 5.82 Å². The molecular weight excluding hydrogens is 365 g/mol. The number of nitro groups is 1. The lowest BCUT2D eigenvalue weighted by atomic mass is 10.2. The third-order valence-corrected chi connectivity index (χ3v) is 5.31. The summed E-state index contributed by atoms with van der Waals surface area (Å²) in [6.07, 6.45) is 1.31. The molecule has 0 aliphatic carbocycles. The summed E-state index contributed by atoms with van der Waals surface area (Å²) < 4.78 is 1.65. The monoisotopic (exact) mass is 383 g/mol. The molecule has 1 aliphatic rings. The van der Waals surface area contributed by atoms with Gasteiger partial charge in [-0.1, -0.05) is 29.3 Å². The van der Waals surface area contributed by atoms with Crippen LogP contribution in [0, 0.1) is 17.0 Å². The van der Waals surface area contributed by atoms with E-state index in [1.807, 2.05) is 12.1 Å². The fourth-order valence-electron chi connectivity index (χ4n) is 3.07. The molecule has 3 rings (SSSR count). The van der Waals surface area contributed by atoms with E-state index >= 15 is 0 Å². The molecule has 134 valence electrons. The van der Waals surface area contributed by atoms with Gasteiger partial charge in [-0.3, -0.25) is 4.90 Å². The normalized spacial score (nSPS) is 15.6. The first kappa shape index (κ1) is 18.0. The minimum absolute atomic E-state index is 0.0434. The molecule has 0 radical (unpaired) electrons. The van der Waals surface area contributed by atoms with Gasteiger partial charge in [0, 0.05) is 39.6 Å². The Morgan fingerprint density at radius 2 is 1.92 bits per heavy atom. The number of imidazole rings is 1. The van der Waals surface area contributed by atoms with Crippen molar-refractivity contribution in [3.05, 3.63) is 50.4 Å². The van der Waals surface area contributed by atoms with E-state index in [2.05, 4.69) is 14.8 Å². The Labute approximate surface area is 155 Å². The molecule has 0 bridgehead atoms. The van der Waals surface area contributed by atoms with Gasteiger partial charge in [0.1, 0.15) is 12.7 Å². The maximum absolute atomic E-state index is 11.0. The molecule has 1 aromatic carbocycles. The highest BCUT2D eigenvalue weighted by atomic mass is 35.5. The first-order valence-electron chi connectivity index (χ1n) is 8.05. The lowest BCUT2D eigenvalue weighted by Crippen LogP contribution is -2.47. The number of aromatic nitrogens is 2. The Balaban J connectivity index is 1.58. The molecule has 1 aliphatic heterocycles. The lowest BCUT2D eigenvalue weighted by molar-refractivity contribution is -0.392. The second kappa shape index (κ2) is 7.59. The number of piperazine rings is 1. The van der Waals surface area contributed by atoms with Crippen LogP contribution in [0.5, 0.6) is 0 Å². The van der Waals surface area contributed by atoms with Crippen LogP contribution in [0.15, 0.2) is 24.4 Å². The first-order valence-corrected chi connectivity index (χ1v) is 8.81. The molecule has 0 amide bonds. The average molecular weight is 384 g/mol. The summed E-state index contributed by atoms with van der Waals surface area (Å²) in [5.41, 5.74) is 0.954. The smallest absolute Gasteiger partial charge is 0.342 e. The number of rotatable bonds is 5. The van der Waals surface area contributed by atoms with Crippen molar-refractivity contribution in [1.82, 2.24) is 14.5 Å². The van der Waals surface area contributed by atoms with Crippen LogP contribution in [0.2, 0.25) is 10.0 Å². The minimum Gasteiger partial charge on any atom is -0.368 e. The lowest BCUT2D eigenvalue weighted by Gasteiger charge is -2.36. The Morgan fingerprint density at radius 1 is 1.20 bits per heavy atom. The Morgan fingerprint density at radius 3 is 2.60 bits per heavy atom. The maximum atomic E-state index is 11.0. The van der Waals surface area contributed by atoms with Crippen molar-refractivity contribution >= 4 is 34.7 Å². The molecule has 25 heavy (non-hydrogen) atoms. The number of nitrogens with zero attached hydrogens (tertiary/aromatic N) is 5. The predicted molar refractivity (Wildman–Crippen MR) is 98.7 cm³/mol. The summed E-state index contributed by atoms with van der Waals surface area (Å²) in [6, 6.07) is 5.66. The van der Waals surface area contributed by atoms with E-state index in [9.17, 15) is 10.1 Å². The zero-order valence-corrected chi connectivity index (χ0v) is 15.4. The molecule has 0 unspecified atom stereocenters. The van der Waals surface area contributed by atoms with Crippen LogP contribution in [-0.2, 0) is 6.54 Å². The highest BCUT2D eigenvalue weighted by Gasteiger charge is 2.22. The molecule has 0 saturated carbocycles. The maximum Gasteiger partial charge on any atom is 0.342 e. The topological polar surface area (TPSA) is 67.4 Å². The molecule has 9 heteroatoms. The summed E-state index contributed by atoms with van der Waals surface area (Å²) in [7, 11) is 0. The van der Waals surface area contributed by atoms with Crippen LogP contribution < -0.4 is 4.90 Å². The number of benzene rings is 1. The Hall–Kier alpha value is -1.83. The fourth-order valence-corrected chi connectivity index (χ4v) is 3.48. The highest BCUT2D eigenvalue weighted by Crippen LogP contribution is 2.32. The van der Waals surface area contributed by atoms with Crippen LogP contribution in [0.3, 0.4) is 0 Å². The van der Waals surface area contributed by atoms with Crippen LogP contribution in [-0.4, -0.2) is 52.1 Å². The van der Waals surface area contributed by atoms with Crippen LogP contribution >= 0.6 is 23.2 Å². The SMILES string of the molecule is Cc1ncc([N+](=O)[O-])n1CCN1CCN(c2cccc(Cl)c2Cl)CC1. The first-order chi connectivity index (χ1) is 12.0. The Kier molecular flexibility index (Phi) is 5.46. The third-order valence-electron chi connectivity index (χ3n) is 4.51. The van der Waals surface area contributed by atoms with Crippen molar-refractivity contribution < 1.29 is 4.92 Å². The van der Waals surface area contributed by atoms with Crippen molar-refractivity contribution in [2.45, 2.75) is 13.5 Å². The summed E-state index contributed by atoms with van der Waals surface area (Å²) in [6.45, 7) is 6.49. The number of hydrogen-bond acceptors (Lipinski definition) is 5. The van der Waals surface area contributed by atoms with Gasteiger partial charge in [-0.25, -0.2) is 9.55 Å². The van der Waals surface area contributed by atoms with E-state index in [1.54, 1.807) is 17.6 Å². The molecule has 0 N–H and O–H groups in total. The number of halogens is 2. The standard InChI is InChI=1S/C16H19Cl2N5O2/c1-12-19-11-15(23(24)25)22(12)10-7-20-5-8-21(9-6-20)14-4-2-3-13(17)16(14)18/h2-4,11H,5-10H2,1H3. The Bertz CT molecular complexity index is 772. The van der Waals surface area contributed by atoms with Crippen molar-refractivity contribution in [2.75, 3.05) is 37.6 Å². The predicted octanol–water partition coefficient (Wildman–Crippen LogP) is 3.23. The van der Waals surface area contributed by atoms with Crippen molar-refractivity contribution in [3.63, 3.8) is 0 Å². The molecular formula is C16H19Cl2N5O2. The highest BCUT2D eigenvalue weighted by molar-refractivity contribution is 6.43. The second-order valence-corrected chi connectivity index (χ2v) is 6.76. The zero-order valence-electron chi connectivity index (χ0n) is 13.9. The van der Waals surface area contributed by atoms with Gasteiger partial charge in [-0.05, 0) is 17.1 Å². The molecule has 2 heterocycles. The van der Waals surface area contributed by atoms with Gasteiger partial charge in [0.05, 0.1) is 15.7 Å². The van der Waals surface area contributed by atoms with E-state index in [-0.39, 0.29) is 10.7 Å². The van der Waals surface area contributed by atoms with Crippen molar-refractivity contribution in [3.8, 4) is 0 Å². The molecule has 1 saturated heterocycles. The van der Waals surface area contributed by atoms with Gasteiger partial charge >= 0.3 is 5.82 Å². The molecule has 0 spiro atoms. The fraction of sp³-hybridized carbons (Fsp3) is 0.438. The molecule has 1 aromatic heterocycles. The van der Waals surface area contributed by atoms with E-state index in [4.69, 9.17) is 23.2 Å². The zero-order chi connectivity index (χ0) is 18.0. The minimum atomic E-state index is -0.390. The average Bonchev–Trinajstić information content (AvgIpc) is 2.97. The van der Waals surface area contributed by atoms with Crippen LogP contribution in [0.25, 0.3) is 0 Å². The number of aryl methyl sites for hydroxylation is 1. The van der Waals surface area contributed by atoms with E-state index in [1.165, 1.54) is 6.20 Å². The van der Waals surface area contributed by atoms with Crippen molar-refractivity contribution in [2.24, 2.45) is 0 Å². The van der Waals surface area contributed by atoms with Crippen molar-refractivity contribution in [1.29, 1.82) is 0 Å². The van der Waals surface area contributed by atoms with Gasteiger partial charge in [-0.15, -0.1) is 0 Å². The quantitative estimate of drug-likeness (QED) is 0.585. The summed E-state index contributed by atoms with van der Waals surface area (Å²) in [5, 5.41) is 12.2. The van der Waals surface area contributed by atoms with E-state index in [0.29, 0.717) is 22.4 Å². The third kappa shape index (κ3) is 3.89. The van der Waals surface area contributed by atoms with Gasteiger partial charge in [0.2, 0.25) is 0 Å². The van der Waals surface area contributed by atoms with Gasteiger partial charge < -0.3 is 15.0 Å². The number of hydrogen-bond donors (Lipinski definition) is 0. The van der Waals surface area contributed by atoms with E-state index in [0.717, 1.165) is 38.4 Å². The van der Waals surface area contributed by atoms with Gasteiger partial charge in [0.25, 0.3) is 0 Å². The van der Waals surface area contributed by atoms with Gasteiger partial charge in [-0.2, -0.15) is 0 Å². The van der Waals surface area contributed by atoms with Crippen LogP contribution in [0.1, 0.15) is 5.82 Å². The molecule has 2 aromatic rings. The molecule has 1 fully saturated rings. The molecule has 0 atom stereocenters. The number of anilines is 1.